The van der Waals surface area contributed by atoms with Gasteiger partial charge in [-0.25, -0.2) is 9.18 Å². The van der Waals surface area contributed by atoms with Crippen molar-refractivity contribution in [2.24, 2.45) is 0 Å². The van der Waals surface area contributed by atoms with Crippen molar-refractivity contribution >= 4 is 22.9 Å². The maximum atomic E-state index is 13.5. The summed E-state index contributed by atoms with van der Waals surface area (Å²) in [5.41, 5.74) is 0.285. The Morgan fingerprint density at radius 2 is 2.17 bits per heavy atom. The molecule has 23 heavy (non-hydrogen) atoms. The maximum Gasteiger partial charge on any atom is 0.369 e. The minimum absolute atomic E-state index is 0.306. The molecule has 1 amide bonds. The highest BCUT2D eigenvalue weighted by Gasteiger charge is 2.13. The molecular weight excluding hydrogens is 321 g/mol. The van der Waals surface area contributed by atoms with Gasteiger partial charge in [-0.2, -0.15) is 9.36 Å². The average molecular weight is 333 g/mol. The van der Waals surface area contributed by atoms with E-state index in [9.17, 15) is 14.0 Å². The molecule has 2 heterocycles. The van der Waals surface area contributed by atoms with Crippen molar-refractivity contribution in [3.63, 3.8) is 0 Å². The van der Waals surface area contributed by atoms with E-state index in [0.29, 0.717) is 16.3 Å². The largest absolute Gasteiger partial charge is 0.369 e. The number of tetrazole rings is 1. The van der Waals surface area contributed by atoms with Gasteiger partial charge in [0.05, 0.1) is 0 Å². The van der Waals surface area contributed by atoms with E-state index in [0.717, 1.165) is 9.36 Å². The molecule has 118 valence electrons. The molecule has 0 aliphatic rings. The summed E-state index contributed by atoms with van der Waals surface area (Å²) in [4.78, 5) is 24.1. The second-order valence-electron chi connectivity index (χ2n) is 4.79. The van der Waals surface area contributed by atoms with Crippen LogP contribution in [0.25, 0.3) is 5.00 Å². The lowest BCUT2D eigenvalue weighted by atomic mass is 10.2. The zero-order valence-electron chi connectivity index (χ0n) is 12.1. The van der Waals surface area contributed by atoms with Gasteiger partial charge in [0.25, 0.3) is 0 Å². The first-order chi connectivity index (χ1) is 11.0. The van der Waals surface area contributed by atoms with E-state index in [-0.39, 0.29) is 6.54 Å². The Morgan fingerprint density at radius 1 is 1.35 bits per heavy atom. The minimum Gasteiger partial charge on any atom is -0.324 e. The van der Waals surface area contributed by atoms with Crippen molar-refractivity contribution in [2.45, 2.75) is 13.5 Å². The molecule has 3 aromatic rings. The van der Waals surface area contributed by atoms with E-state index in [2.05, 4.69) is 15.7 Å². The van der Waals surface area contributed by atoms with E-state index < -0.39 is 17.4 Å². The number of amides is 1. The number of hydrogen-bond acceptors (Lipinski definition) is 5. The SMILES string of the molecule is Cc1ccc(NC(=O)Cn2nnn(-c3cccs3)c2=O)cc1F. The number of aryl methyl sites for hydroxylation is 1. The number of nitrogens with one attached hydrogen (secondary N) is 1. The zero-order chi connectivity index (χ0) is 16.4. The van der Waals surface area contributed by atoms with E-state index in [1.165, 1.54) is 17.4 Å². The van der Waals surface area contributed by atoms with Crippen LogP contribution in [0.1, 0.15) is 5.56 Å². The van der Waals surface area contributed by atoms with Crippen LogP contribution in [0.5, 0.6) is 0 Å². The molecule has 0 radical (unpaired) electrons. The topological polar surface area (TPSA) is 81.8 Å². The fraction of sp³-hybridized carbons (Fsp3) is 0.143. The molecule has 0 atom stereocenters. The number of thiophene rings is 1. The highest BCUT2D eigenvalue weighted by molar-refractivity contribution is 7.12. The molecule has 7 nitrogen and oxygen atoms in total. The summed E-state index contributed by atoms with van der Waals surface area (Å²) in [6, 6.07) is 7.87. The number of nitrogens with zero attached hydrogens (tertiary/aromatic N) is 4. The van der Waals surface area contributed by atoms with Gasteiger partial charge in [0.2, 0.25) is 5.91 Å². The number of carbonyl (C=O) groups excluding carboxylic acids is 1. The van der Waals surface area contributed by atoms with Crippen LogP contribution in [0.4, 0.5) is 10.1 Å². The van der Waals surface area contributed by atoms with Crippen LogP contribution in [-0.2, 0) is 11.3 Å². The van der Waals surface area contributed by atoms with Crippen molar-refractivity contribution < 1.29 is 9.18 Å². The lowest BCUT2D eigenvalue weighted by Gasteiger charge is -2.05. The summed E-state index contributed by atoms with van der Waals surface area (Å²) >= 11 is 1.33. The quantitative estimate of drug-likeness (QED) is 0.786. The molecule has 0 aliphatic heterocycles. The summed E-state index contributed by atoms with van der Waals surface area (Å²) < 4.78 is 15.5. The summed E-state index contributed by atoms with van der Waals surface area (Å²) in [6.07, 6.45) is 0. The Labute approximate surface area is 134 Å². The van der Waals surface area contributed by atoms with Gasteiger partial charge in [-0.05, 0) is 52.6 Å². The van der Waals surface area contributed by atoms with Crippen LogP contribution < -0.4 is 11.0 Å². The van der Waals surface area contributed by atoms with Crippen LogP contribution in [0, 0.1) is 12.7 Å². The lowest BCUT2D eigenvalue weighted by Crippen LogP contribution is -2.29. The summed E-state index contributed by atoms with van der Waals surface area (Å²) in [5.74, 6) is -0.905. The van der Waals surface area contributed by atoms with Gasteiger partial charge in [-0.1, -0.05) is 6.07 Å². The number of carbonyl (C=O) groups is 1. The van der Waals surface area contributed by atoms with Crippen molar-refractivity contribution in [1.29, 1.82) is 0 Å². The van der Waals surface area contributed by atoms with E-state index >= 15 is 0 Å². The molecule has 0 saturated heterocycles. The first-order valence-corrected chi connectivity index (χ1v) is 7.55. The van der Waals surface area contributed by atoms with Crippen LogP contribution in [-0.4, -0.2) is 25.7 Å². The molecule has 0 fully saturated rings. The van der Waals surface area contributed by atoms with E-state index in [4.69, 9.17) is 0 Å². The third kappa shape index (κ3) is 3.19. The standard InChI is InChI=1S/C14H12FN5O2S/c1-9-4-5-10(7-11(9)15)16-12(21)8-19-14(22)20(18-17-19)13-3-2-6-23-13/h2-7H,8H2,1H3,(H,16,21). The number of benzene rings is 1. The monoisotopic (exact) mass is 333 g/mol. The van der Waals surface area contributed by atoms with Crippen LogP contribution in [0.2, 0.25) is 0 Å². The van der Waals surface area contributed by atoms with Crippen LogP contribution in [0.3, 0.4) is 0 Å². The number of anilines is 1. The Kier molecular flexibility index (Phi) is 4.02. The molecule has 0 aliphatic carbocycles. The Balaban J connectivity index is 1.73. The van der Waals surface area contributed by atoms with Gasteiger partial charge in [-0.3, -0.25) is 4.79 Å². The first kappa shape index (κ1) is 15.1. The minimum atomic E-state index is -0.516. The van der Waals surface area contributed by atoms with Gasteiger partial charge < -0.3 is 5.32 Å². The molecule has 3 rings (SSSR count). The predicted molar refractivity (Wildman–Crippen MR) is 83.3 cm³/mol. The molecule has 0 bridgehead atoms. The van der Waals surface area contributed by atoms with E-state index in [1.807, 2.05) is 0 Å². The van der Waals surface area contributed by atoms with Gasteiger partial charge in [-0.15, -0.1) is 11.3 Å². The lowest BCUT2D eigenvalue weighted by molar-refractivity contribution is -0.117. The van der Waals surface area contributed by atoms with Gasteiger partial charge in [0, 0.05) is 5.69 Å². The highest BCUT2D eigenvalue weighted by Crippen LogP contribution is 2.13. The summed E-state index contributed by atoms with van der Waals surface area (Å²) in [5, 5.41) is 12.3. The van der Waals surface area contributed by atoms with Crippen molar-refractivity contribution in [3.8, 4) is 5.00 Å². The van der Waals surface area contributed by atoms with E-state index in [1.54, 1.807) is 36.6 Å². The molecule has 0 spiro atoms. The molecule has 0 saturated carbocycles. The second-order valence-corrected chi connectivity index (χ2v) is 5.72. The fourth-order valence-electron chi connectivity index (χ4n) is 1.91. The van der Waals surface area contributed by atoms with Gasteiger partial charge in [0.15, 0.2) is 0 Å². The molecule has 1 N–H and O–H groups in total. The highest BCUT2D eigenvalue weighted by atomic mass is 32.1. The normalized spacial score (nSPS) is 10.7. The average Bonchev–Trinajstić information content (AvgIpc) is 3.14. The number of hydrogen-bond donors (Lipinski definition) is 1. The van der Waals surface area contributed by atoms with Crippen LogP contribution >= 0.6 is 11.3 Å². The van der Waals surface area contributed by atoms with Crippen molar-refractivity contribution in [2.75, 3.05) is 5.32 Å². The molecule has 9 heteroatoms. The molecule has 2 aromatic heterocycles. The number of rotatable bonds is 4. The van der Waals surface area contributed by atoms with Crippen LogP contribution in [0.15, 0.2) is 40.5 Å². The third-order valence-corrected chi connectivity index (χ3v) is 3.95. The maximum absolute atomic E-state index is 13.5. The predicted octanol–water partition coefficient (Wildman–Crippen LogP) is 1.58. The van der Waals surface area contributed by atoms with Gasteiger partial charge >= 0.3 is 5.69 Å². The molecular formula is C14H12FN5O2S. The molecule has 0 unspecified atom stereocenters. The third-order valence-electron chi connectivity index (χ3n) is 3.10. The fourth-order valence-corrected chi connectivity index (χ4v) is 2.58. The van der Waals surface area contributed by atoms with Crippen molar-refractivity contribution in [1.82, 2.24) is 19.8 Å². The Bertz CT molecular complexity index is 900. The Hall–Kier alpha value is -2.81. The number of halogens is 1. The first-order valence-electron chi connectivity index (χ1n) is 6.67. The summed E-state index contributed by atoms with van der Waals surface area (Å²) in [7, 11) is 0. The summed E-state index contributed by atoms with van der Waals surface area (Å²) in [6.45, 7) is 1.32. The smallest absolute Gasteiger partial charge is 0.324 e. The Morgan fingerprint density at radius 3 is 2.87 bits per heavy atom. The number of aromatic nitrogens is 4. The second kappa shape index (κ2) is 6.13. The molecule has 1 aromatic carbocycles. The van der Waals surface area contributed by atoms with Gasteiger partial charge in [0.1, 0.15) is 17.4 Å². The van der Waals surface area contributed by atoms with Crippen molar-refractivity contribution in [3.05, 3.63) is 57.6 Å². The zero-order valence-corrected chi connectivity index (χ0v) is 12.9.